The number of hydrogen-bond donors (Lipinski definition) is 2. The fourth-order valence-electron chi connectivity index (χ4n) is 2.57. The third kappa shape index (κ3) is 2.82. The summed E-state index contributed by atoms with van der Waals surface area (Å²) in [6, 6.07) is 4.58. The van der Waals surface area contributed by atoms with Crippen LogP contribution in [0.25, 0.3) is 0 Å². The molecule has 0 saturated carbocycles. The molecule has 2 unspecified atom stereocenters. The number of rotatable bonds is 5. The third-order valence-electron chi connectivity index (χ3n) is 3.79. The van der Waals surface area contributed by atoms with E-state index in [2.05, 4.69) is 34.3 Å². The van der Waals surface area contributed by atoms with Gasteiger partial charge in [0.2, 0.25) is 0 Å². The van der Waals surface area contributed by atoms with Gasteiger partial charge in [-0.05, 0) is 32.0 Å². The molecule has 1 saturated heterocycles. The van der Waals surface area contributed by atoms with E-state index in [0.29, 0.717) is 18.6 Å². The first kappa shape index (κ1) is 13.3. The van der Waals surface area contributed by atoms with E-state index < -0.39 is 0 Å². The maximum atomic E-state index is 9.16. The second-order valence-electron chi connectivity index (χ2n) is 4.97. The van der Waals surface area contributed by atoms with Crippen molar-refractivity contribution < 1.29 is 5.11 Å². The largest absolute Gasteiger partial charge is 0.396 e. The van der Waals surface area contributed by atoms with Gasteiger partial charge in [-0.3, -0.25) is 4.98 Å². The predicted molar refractivity (Wildman–Crippen MR) is 73.7 cm³/mol. The molecule has 1 aliphatic heterocycles. The van der Waals surface area contributed by atoms with E-state index in [1.54, 1.807) is 0 Å². The number of pyridine rings is 1. The van der Waals surface area contributed by atoms with Gasteiger partial charge in [0.15, 0.2) is 0 Å². The van der Waals surface area contributed by atoms with Crippen LogP contribution in [-0.4, -0.2) is 36.8 Å². The molecule has 100 valence electrons. The Bertz CT molecular complexity index is 362. The van der Waals surface area contributed by atoms with Crippen molar-refractivity contribution in [2.24, 2.45) is 5.92 Å². The summed E-state index contributed by atoms with van der Waals surface area (Å²) in [6.07, 6.45) is 4.07. The number of nitrogens with one attached hydrogen (secondary N) is 1. The van der Waals surface area contributed by atoms with E-state index in [4.69, 9.17) is 5.11 Å². The molecule has 4 nitrogen and oxygen atoms in total. The minimum atomic E-state index is 0.291. The molecule has 4 heteroatoms. The van der Waals surface area contributed by atoms with Crippen molar-refractivity contribution in [2.75, 3.05) is 31.6 Å². The summed E-state index contributed by atoms with van der Waals surface area (Å²) in [4.78, 5) is 6.85. The summed E-state index contributed by atoms with van der Waals surface area (Å²) >= 11 is 0. The van der Waals surface area contributed by atoms with Gasteiger partial charge in [0.1, 0.15) is 0 Å². The van der Waals surface area contributed by atoms with E-state index in [0.717, 1.165) is 31.6 Å². The van der Waals surface area contributed by atoms with Crippen molar-refractivity contribution in [3.63, 3.8) is 0 Å². The minimum absolute atomic E-state index is 0.291. The second kappa shape index (κ2) is 6.16. The number of nitrogens with zero attached hydrogens (tertiary/aromatic N) is 2. The zero-order valence-corrected chi connectivity index (χ0v) is 11.3. The average molecular weight is 249 g/mol. The van der Waals surface area contributed by atoms with Crippen LogP contribution in [0.3, 0.4) is 0 Å². The molecule has 0 aliphatic carbocycles. The van der Waals surface area contributed by atoms with Gasteiger partial charge in [-0.15, -0.1) is 0 Å². The zero-order valence-electron chi connectivity index (χ0n) is 11.3. The van der Waals surface area contributed by atoms with Crippen LogP contribution in [0.15, 0.2) is 18.3 Å². The van der Waals surface area contributed by atoms with Crippen LogP contribution in [0.4, 0.5) is 5.69 Å². The summed E-state index contributed by atoms with van der Waals surface area (Å²) in [5, 5.41) is 12.4. The molecule has 0 spiro atoms. The highest BCUT2D eigenvalue weighted by molar-refractivity contribution is 5.45. The number of anilines is 1. The predicted octanol–water partition coefficient (Wildman–Crippen LogP) is 1.57. The summed E-state index contributed by atoms with van der Waals surface area (Å²) in [7, 11) is 1.97. The highest BCUT2D eigenvalue weighted by atomic mass is 16.3. The van der Waals surface area contributed by atoms with E-state index in [1.165, 1.54) is 5.69 Å². The van der Waals surface area contributed by atoms with Crippen LogP contribution >= 0.6 is 0 Å². The maximum absolute atomic E-state index is 9.16. The molecule has 1 fully saturated rings. The van der Waals surface area contributed by atoms with Gasteiger partial charge in [-0.2, -0.15) is 0 Å². The minimum Gasteiger partial charge on any atom is -0.396 e. The summed E-state index contributed by atoms with van der Waals surface area (Å²) in [5.41, 5.74) is 2.27. The monoisotopic (exact) mass is 249 g/mol. The lowest BCUT2D eigenvalue weighted by molar-refractivity contribution is 0.238. The van der Waals surface area contributed by atoms with Crippen LogP contribution in [0.2, 0.25) is 0 Å². The number of aliphatic hydroxyl groups is 1. The molecule has 1 aromatic rings. The van der Waals surface area contributed by atoms with E-state index in [1.807, 2.05) is 13.2 Å². The average Bonchev–Trinajstić information content (AvgIpc) is 2.90. The molecule has 0 bridgehead atoms. The van der Waals surface area contributed by atoms with Crippen LogP contribution in [0.1, 0.15) is 31.5 Å². The normalized spacial score (nSPS) is 21.3. The number of hydrogen-bond acceptors (Lipinski definition) is 4. The lowest BCUT2D eigenvalue weighted by Gasteiger charge is -2.19. The van der Waals surface area contributed by atoms with Gasteiger partial charge >= 0.3 is 0 Å². The Labute approximate surface area is 109 Å². The molecule has 0 amide bonds. The van der Waals surface area contributed by atoms with Crippen molar-refractivity contribution in [1.82, 2.24) is 10.3 Å². The Balaban J connectivity index is 2.04. The van der Waals surface area contributed by atoms with Gasteiger partial charge in [0.05, 0.1) is 17.6 Å². The molecule has 1 aromatic heterocycles. The summed E-state index contributed by atoms with van der Waals surface area (Å²) in [6.45, 7) is 4.42. The van der Waals surface area contributed by atoms with Crippen LogP contribution in [0.5, 0.6) is 0 Å². The van der Waals surface area contributed by atoms with Crippen molar-refractivity contribution in [1.29, 1.82) is 0 Å². The second-order valence-corrected chi connectivity index (χ2v) is 4.97. The Morgan fingerprint density at radius 2 is 2.39 bits per heavy atom. The number of aliphatic hydroxyl groups excluding tert-OH is 1. The SMILES string of the molecule is CCC(NC)c1ccc(N2CCC(CO)C2)cn1. The zero-order chi connectivity index (χ0) is 13.0. The molecule has 1 aliphatic rings. The quantitative estimate of drug-likeness (QED) is 0.831. The van der Waals surface area contributed by atoms with Crippen molar-refractivity contribution in [2.45, 2.75) is 25.8 Å². The lowest BCUT2D eigenvalue weighted by atomic mass is 10.1. The van der Waals surface area contributed by atoms with Crippen LogP contribution in [-0.2, 0) is 0 Å². The van der Waals surface area contributed by atoms with E-state index in [9.17, 15) is 0 Å². The molecule has 2 rings (SSSR count). The van der Waals surface area contributed by atoms with Gasteiger partial charge in [0.25, 0.3) is 0 Å². The highest BCUT2D eigenvalue weighted by Crippen LogP contribution is 2.24. The lowest BCUT2D eigenvalue weighted by Crippen LogP contribution is -2.21. The Morgan fingerprint density at radius 1 is 1.56 bits per heavy atom. The Kier molecular flexibility index (Phi) is 4.55. The van der Waals surface area contributed by atoms with Crippen molar-refractivity contribution in [3.8, 4) is 0 Å². The molecule has 0 radical (unpaired) electrons. The topological polar surface area (TPSA) is 48.4 Å². The first-order valence-corrected chi connectivity index (χ1v) is 6.77. The van der Waals surface area contributed by atoms with Gasteiger partial charge < -0.3 is 15.3 Å². The van der Waals surface area contributed by atoms with Gasteiger partial charge in [-0.25, -0.2) is 0 Å². The molecule has 2 atom stereocenters. The highest BCUT2D eigenvalue weighted by Gasteiger charge is 2.22. The van der Waals surface area contributed by atoms with Gasteiger partial charge in [0, 0.05) is 31.7 Å². The Morgan fingerprint density at radius 3 is 2.89 bits per heavy atom. The molecule has 2 N–H and O–H groups in total. The maximum Gasteiger partial charge on any atom is 0.0574 e. The third-order valence-corrected chi connectivity index (χ3v) is 3.79. The fraction of sp³-hybridized carbons (Fsp3) is 0.643. The Hall–Kier alpha value is -1.13. The fourth-order valence-corrected chi connectivity index (χ4v) is 2.57. The van der Waals surface area contributed by atoms with Gasteiger partial charge in [-0.1, -0.05) is 6.92 Å². The smallest absolute Gasteiger partial charge is 0.0574 e. The van der Waals surface area contributed by atoms with Crippen molar-refractivity contribution >= 4 is 5.69 Å². The summed E-state index contributed by atoms with van der Waals surface area (Å²) in [5.74, 6) is 0.422. The van der Waals surface area contributed by atoms with Crippen molar-refractivity contribution in [3.05, 3.63) is 24.0 Å². The first-order chi connectivity index (χ1) is 8.78. The number of aromatic nitrogens is 1. The van der Waals surface area contributed by atoms with E-state index >= 15 is 0 Å². The first-order valence-electron chi connectivity index (χ1n) is 6.77. The van der Waals surface area contributed by atoms with Crippen LogP contribution < -0.4 is 10.2 Å². The van der Waals surface area contributed by atoms with Crippen LogP contribution in [0, 0.1) is 5.92 Å². The molecule has 18 heavy (non-hydrogen) atoms. The standard InChI is InChI=1S/C14H23N3O/c1-3-13(15-2)14-5-4-12(8-16-14)17-7-6-11(9-17)10-18/h4-5,8,11,13,15,18H,3,6-7,9-10H2,1-2H3. The molecule has 2 heterocycles. The molecular weight excluding hydrogens is 226 g/mol. The molecular formula is C14H23N3O. The molecule has 0 aromatic carbocycles. The van der Waals surface area contributed by atoms with E-state index in [-0.39, 0.29) is 0 Å². The summed E-state index contributed by atoms with van der Waals surface area (Å²) < 4.78 is 0.